The van der Waals surface area contributed by atoms with Gasteiger partial charge in [-0.15, -0.1) is 11.3 Å². The number of likely N-dealkylation sites (tertiary alicyclic amines) is 1. The smallest absolute Gasteiger partial charge is 0.265 e. The molecule has 0 aromatic carbocycles. The summed E-state index contributed by atoms with van der Waals surface area (Å²) < 4.78 is 5.74. The highest BCUT2D eigenvalue weighted by Crippen LogP contribution is 2.20. The zero-order valence-electron chi connectivity index (χ0n) is 11.3. The number of carbonyl (C=O) groups excluding carboxylic acids is 1. The van der Waals surface area contributed by atoms with Crippen molar-refractivity contribution in [3.63, 3.8) is 0 Å². The molecule has 1 aromatic heterocycles. The molecule has 0 spiro atoms. The molecule has 0 bridgehead atoms. The Morgan fingerprint density at radius 3 is 2.89 bits per heavy atom. The molecule has 0 unspecified atom stereocenters. The molecule has 1 fully saturated rings. The van der Waals surface area contributed by atoms with E-state index in [0.717, 1.165) is 49.5 Å². The van der Waals surface area contributed by atoms with Crippen molar-refractivity contribution in [3.05, 3.63) is 16.1 Å². The van der Waals surface area contributed by atoms with E-state index in [4.69, 9.17) is 10.5 Å². The van der Waals surface area contributed by atoms with E-state index in [9.17, 15) is 4.79 Å². The summed E-state index contributed by atoms with van der Waals surface area (Å²) in [4.78, 5) is 19.1. The quantitative estimate of drug-likeness (QED) is 0.830. The molecule has 1 saturated heterocycles. The maximum absolute atomic E-state index is 12.3. The molecule has 1 aliphatic rings. The van der Waals surface area contributed by atoms with Crippen LogP contribution in [-0.2, 0) is 4.74 Å². The Balaban J connectivity index is 1.80. The number of piperidine rings is 1. The maximum Gasteiger partial charge on any atom is 0.265 e. The van der Waals surface area contributed by atoms with Crippen molar-refractivity contribution in [1.29, 1.82) is 0 Å². The van der Waals surface area contributed by atoms with Gasteiger partial charge >= 0.3 is 0 Å². The fraction of sp³-hybridized carbons (Fsp3) is 0.692. The van der Waals surface area contributed by atoms with Crippen molar-refractivity contribution in [1.82, 2.24) is 9.88 Å². The molecule has 1 aliphatic heterocycles. The van der Waals surface area contributed by atoms with Gasteiger partial charge < -0.3 is 15.4 Å². The first kappa shape index (κ1) is 14.4. The van der Waals surface area contributed by atoms with Gasteiger partial charge in [0.1, 0.15) is 4.88 Å². The van der Waals surface area contributed by atoms with Crippen LogP contribution in [0.15, 0.2) is 5.51 Å². The van der Waals surface area contributed by atoms with Crippen LogP contribution in [0.4, 0.5) is 0 Å². The lowest BCUT2D eigenvalue weighted by molar-refractivity contribution is 0.00856. The lowest BCUT2D eigenvalue weighted by Gasteiger charge is -2.31. The number of amides is 1. The topological polar surface area (TPSA) is 68.5 Å². The Morgan fingerprint density at radius 1 is 1.58 bits per heavy atom. The minimum absolute atomic E-state index is 0.111. The molecule has 2 heterocycles. The fourth-order valence-corrected chi connectivity index (χ4v) is 2.98. The molecule has 0 aliphatic carbocycles. The van der Waals surface area contributed by atoms with Crippen molar-refractivity contribution in [3.8, 4) is 0 Å². The fourth-order valence-electron chi connectivity index (χ4n) is 2.21. The van der Waals surface area contributed by atoms with E-state index in [1.165, 1.54) is 11.3 Å². The van der Waals surface area contributed by atoms with Crippen LogP contribution in [0.5, 0.6) is 0 Å². The predicted octanol–water partition coefficient (Wildman–Crippen LogP) is 1.42. The number of carbonyl (C=O) groups is 1. The minimum Gasteiger partial charge on any atom is -0.378 e. The van der Waals surface area contributed by atoms with Crippen LogP contribution < -0.4 is 5.73 Å². The summed E-state index contributed by atoms with van der Waals surface area (Å²) in [6, 6.07) is 0. The van der Waals surface area contributed by atoms with Gasteiger partial charge in [-0.2, -0.15) is 0 Å². The lowest BCUT2D eigenvalue weighted by atomic mass is 10.1. The predicted molar refractivity (Wildman–Crippen MR) is 75.4 cm³/mol. The van der Waals surface area contributed by atoms with Gasteiger partial charge in [-0.05, 0) is 32.7 Å². The van der Waals surface area contributed by atoms with Crippen LogP contribution in [0.2, 0.25) is 0 Å². The normalized spacial score (nSPS) is 16.8. The SMILES string of the molecule is Cc1ncsc1C(=O)N1CCC(OCCCN)CC1. The van der Waals surface area contributed by atoms with Crippen molar-refractivity contribution >= 4 is 17.2 Å². The molecule has 1 aromatic rings. The first-order valence-electron chi connectivity index (χ1n) is 6.73. The van der Waals surface area contributed by atoms with Crippen LogP contribution >= 0.6 is 11.3 Å². The van der Waals surface area contributed by atoms with Crippen LogP contribution in [0, 0.1) is 6.92 Å². The van der Waals surface area contributed by atoms with Gasteiger partial charge in [0.05, 0.1) is 17.3 Å². The second-order valence-electron chi connectivity index (χ2n) is 4.77. The highest BCUT2D eigenvalue weighted by molar-refractivity contribution is 7.11. The number of thiazole rings is 1. The second kappa shape index (κ2) is 6.98. The summed E-state index contributed by atoms with van der Waals surface area (Å²) >= 11 is 1.42. The van der Waals surface area contributed by atoms with E-state index in [1.54, 1.807) is 5.51 Å². The number of aromatic nitrogens is 1. The summed E-state index contributed by atoms with van der Waals surface area (Å²) in [7, 11) is 0. The van der Waals surface area contributed by atoms with Gasteiger partial charge in [0, 0.05) is 19.7 Å². The Kier molecular flexibility index (Phi) is 5.30. The number of hydrogen-bond donors (Lipinski definition) is 1. The van der Waals surface area contributed by atoms with Gasteiger partial charge in [-0.25, -0.2) is 4.98 Å². The van der Waals surface area contributed by atoms with E-state index in [-0.39, 0.29) is 12.0 Å². The third-order valence-electron chi connectivity index (χ3n) is 3.37. The van der Waals surface area contributed by atoms with Gasteiger partial charge in [-0.1, -0.05) is 0 Å². The monoisotopic (exact) mass is 283 g/mol. The molecule has 1 amide bonds. The Morgan fingerprint density at radius 2 is 2.32 bits per heavy atom. The Labute approximate surface area is 117 Å². The van der Waals surface area contributed by atoms with Crippen molar-refractivity contribution in [2.45, 2.75) is 32.3 Å². The van der Waals surface area contributed by atoms with Crippen LogP contribution in [0.3, 0.4) is 0 Å². The Bertz CT molecular complexity index is 414. The van der Waals surface area contributed by atoms with Gasteiger partial charge in [-0.3, -0.25) is 4.79 Å². The average molecular weight is 283 g/mol. The van der Waals surface area contributed by atoms with Crippen molar-refractivity contribution in [2.75, 3.05) is 26.2 Å². The van der Waals surface area contributed by atoms with Crippen LogP contribution in [0.25, 0.3) is 0 Å². The van der Waals surface area contributed by atoms with Crippen LogP contribution in [0.1, 0.15) is 34.6 Å². The maximum atomic E-state index is 12.3. The molecule has 2 rings (SSSR count). The third-order valence-corrected chi connectivity index (χ3v) is 4.29. The molecule has 19 heavy (non-hydrogen) atoms. The van der Waals surface area contributed by atoms with Gasteiger partial charge in [0.25, 0.3) is 5.91 Å². The molecule has 0 atom stereocenters. The third kappa shape index (κ3) is 3.75. The first-order valence-corrected chi connectivity index (χ1v) is 7.61. The van der Waals surface area contributed by atoms with E-state index in [1.807, 2.05) is 11.8 Å². The summed E-state index contributed by atoms with van der Waals surface area (Å²) in [5.74, 6) is 0.111. The highest BCUT2D eigenvalue weighted by atomic mass is 32.1. The zero-order chi connectivity index (χ0) is 13.7. The zero-order valence-corrected chi connectivity index (χ0v) is 12.1. The van der Waals surface area contributed by atoms with Gasteiger partial charge in [0.15, 0.2) is 0 Å². The van der Waals surface area contributed by atoms with E-state index < -0.39 is 0 Å². The minimum atomic E-state index is 0.111. The van der Waals surface area contributed by atoms with E-state index in [2.05, 4.69) is 4.98 Å². The number of ether oxygens (including phenoxy) is 1. The number of rotatable bonds is 5. The van der Waals surface area contributed by atoms with Crippen molar-refractivity contribution < 1.29 is 9.53 Å². The highest BCUT2D eigenvalue weighted by Gasteiger charge is 2.25. The second-order valence-corrected chi connectivity index (χ2v) is 5.63. The number of nitrogens with zero attached hydrogens (tertiary/aromatic N) is 2. The van der Waals surface area contributed by atoms with E-state index in [0.29, 0.717) is 6.54 Å². The standard InChI is InChI=1S/C13H21N3O2S/c1-10-12(19-9-15-10)13(17)16-6-3-11(4-7-16)18-8-2-5-14/h9,11H,2-8,14H2,1H3. The summed E-state index contributed by atoms with van der Waals surface area (Å²) in [5.41, 5.74) is 7.99. The molecule has 5 nitrogen and oxygen atoms in total. The molecule has 106 valence electrons. The average Bonchev–Trinajstić information content (AvgIpc) is 2.85. The number of nitrogens with two attached hydrogens (primary N) is 1. The van der Waals surface area contributed by atoms with Crippen LogP contribution in [-0.4, -0.2) is 48.1 Å². The summed E-state index contributed by atoms with van der Waals surface area (Å²) in [6.07, 6.45) is 3.00. The molecule has 0 radical (unpaired) electrons. The van der Waals surface area contributed by atoms with Gasteiger partial charge in [0.2, 0.25) is 0 Å². The number of aryl methyl sites for hydroxylation is 1. The molecule has 0 saturated carbocycles. The summed E-state index contributed by atoms with van der Waals surface area (Å²) in [6.45, 7) is 4.81. The molecule has 6 heteroatoms. The molecular weight excluding hydrogens is 262 g/mol. The largest absolute Gasteiger partial charge is 0.378 e. The van der Waals surface area contributed by atoms with Crippen molar-refractivity contribution in [2.24, 2.45) is 5.73 Å². The molecule has 2 N–H and O–H groups in total. The first-order chi connectivity index (χ1) is 9.22. The number of hydrogen-bond acceptors (Lipinski definition) is 5. The Hall–Kier alpha value is -0.980. The summed E-state index contributed by atoms with van der Waals surface area (Å²) in [5, 5.41) is 0. The molecular formula is C13H21N3O2S. The van der Waals surface area contributed by atoms with E-state index >= 15 is 0 Å². The lowest BCUT2D eigenvalue weighted by Crippen LogP contribution is -2.41.